The van der Waals surface area contributed by atoms with E-state index in [1.807, 2.05) is 43.0 Å². The Kier molecular flexibility index (Phi) is 3.88. The zero-order valence-electron chi connectivity index (χ0n) is 12.0. The molecule has 0 aliphatic carbocycles. The van der Waals surface area contributed by atoms with Crippen LogP contribution in [0.1, 0.15) is 38.2 Å². The van der Waals surface area contributed by atoms with E-state index in [-0.39, 0.29) is 11.9 Å². The number of aromatic amines is 1. The largest absolute Gasteiger partial charge is 0.335 e. The molecular weight excluding hydrogens is 238 g/mol. The first kappa shape index (κ1) is 13.6. The number of amides is 1. The van der Waals surface area contributed by atoms with E-state index in [0.717, 1.165) is 17.4 Å². The molecule has 0 atom stereocenters. The summed E-state index contributed by atoms with van der Waals surface area (Å²) in [6, 6.07) is 7.89. The second kappa shape index (κ2) is 5.43. The molecule has 2 aromatic rings. The number of para-hydroxylation sites is 1. The van der Waals surface area contributed by atoms with Crippen LogP contribution in [0.25, 0.3) is 10.9 Å². The van der Waals surface area contributed by atoms with E-state index >= 15 is 0 Å². The molecule has 0 unspecified atom stereocenters. The van der Waals surface area contributed by atoms with Crippen molar-refractivity contribution in [2.75, 3.05) is 6.54 Å². The molecule has 0 saturated carbocycles. The molecule has 4 heteroatoms. The Bertz CT molecular complexity index is 572. The van der Waals surface area contributed by atoms with Gasteiger partial charge in [0.2, 0.25) is 0 Å². The van der Waals surface area contributed by atoms with Crippen molar-refractivity contribution in [1.29, 1.82) is 0 Å². The van der Waals surface area contributed by atoms with Crippen LogP contribution >= 0.6 is 0 Å². The number of rotatable bonds is 4. The van der Waals surface area contributed by atoms with Crippen LogP contribution in [0.15, 0.2) is 24.3 Å². The molecule has 0 aliphatic heterocycles. The lowest BCUT2D eigenvalue weighted by molar-refractivity contribution is 0.0678. The fourth-order valence-corrected chi connectivity index (χ4v) is 2.18. The summed E-state index contributed by atoms with van der Waals surface area (Å²) in [4.78, 5) is 14.5. The van der Waals surface area contributed by atoms with Crippen molar-refractivity contribution in [3.63, 3.8) is 0 Å². The second-order valence-electron chi connectivity index (χ2n) is 5.56. The quantitative estimate of drug-likeness (QED) is 0.917. The third-order valence-electron chi connectivity index (χ3n) is 3.12. The Morgan fingerprint density at radius 1 is 1.26 bits per heavy atom. The van der Waals surface area contributed by atoms with Gasteiger partial charge in [0.05, 0.1) is 5.52 Å². The number of benzene rings is 1. The van der Waals surface area contributed by atoms with Crippen LogP contribution in [-0.2, 0) is 0 Å². The maximum absolute atomic E-state index is 12.6. The highest BCUT2D eigenvalue weighted by Gasteiger charge is 2.23. The molecule has 0 spiro atoms. The molecule has 1 amide bonds. The number of H-pyrrole nitrogens is 1. The zero-order chi connectivity index (χ0) is 14.0. The van der Waals surface area contributed by atoms with Crippen LogP contribution in [0.2, 0.25) is 0 Å². The van der Waals surface area contributed by atoms with Crippen LogP contribution in [0.4, 0.5) is 0 Å². The van der Waals surface area contributed by atoms with E-state index in [2.05, 4.69) is 24.0 Å². The molecule has 102 valence electrons. The summed E-state index contributed by atoms with van der Waals surface area (Å²) in [5.41, 5.74) is 1.42. The molecule has 0 saturated heterocycles. The summed E-state index contributed by atoms with van der Waals surface area (Å²) >= 11 is 0. The summed E-state index contributed by atoms with van der Waals surface area (Å²) in [6.07, 6.45) is 0. The highest BCUT2D eigenvalue weighted by atomic mass is 16.2. The van der Waals surface area contributed by atoms with Gasteiger partial charge in [-0.3, -0.25) is 9.89 Å². The van der Waals surface area contributed by atoms with E-state index in [9.17, 15) is 4.79 Å². The molecule has 1 aromatic carbocycles. The first-order valence-electron chi connectivity index (χ1n) is 6.74. The minimum Gasteiger partial charge on any atom is -0.335 e. The average molecular weight is 259 g/mol. The van der Waals surface area contributed by atoms with Crippen molar-refractivity contribution >= 4 is 16.8 Å². The van der Waals surface area contributed by atoms with E-state index < -0.39 is 0 Å². The third kappa shape index (κ3) is 2.78. The number of aromatic nitrogens is 2. The summed E-state index contributed by atoms with van der Waals surface area (Å²) < 4.78 is 0. The Morgan fingerprint density at radius 2 is 1.95 bits per heavy atom. The number of carbonyl (C=O) groups excluding carboxylic acids is 1. The number of nitrogens with one attached hydrogen (secondary N) is 1. The van der Waals surface area contributed by atoms with Gasteiger partial charge in [0.25, 0.3) is 5.91 Å². The standard InChI is InChI=1S/C15H21N3O/c1-10(2)9-18(11(3)4)15(19)14-12-7-5-6-8-13(12)16-17-14/h5-8,10-11H,9H2,1-4H3,(H,16,17). The molecule has 0 bridgehead atoms. The van der Waals surface area contributed by atoms with Crippen LogP contribution in [0.5, 0.6) is 0 Å². The van der Waals surface area contributed by atoms with E-state index in [1.54, 1.807) is 0 Å². The van der Waals surface area contributed by atoms with Gasteiger partial charge in [-0.1, -0.05) is 32.0 Å². The van der Waals surface area contributed by atoms with Gasteiger partial charge in [-0.15, -0.1) is 0 Å². The Labute approximate surface area is 113 Å². The Hall–Kier alpha value is -1.84. The van der Waals surface area contributed by atoms with E-state index in [4.69, 9.17) is 0 Å². The molecule has 0 radical (unpaired) electrons. The topological polar surface area (TPSA) is 49.0 Å². The number of hydrogen-bond donors (Lipinski definition) is 1. The van der Waals surface area contributed by atoms with Crippen molar-refractivity contribution in [2.24, 2.45) is 5.92 Å². The van der Waals surface area contributed by atoms with Crippen molar-refractivity contribution < 1.29 is 4.79 Å². The number of nitrogens with zero attached hydrogens (tertiary/aromatic N) is 2. The van der Waals surface area contributed by atoms with Gasteiger partial charge in [-0.2, -0.15) is 5.10 Å². The predicted octanol–water partition coefficient (Wildman–Crippen LogP) is 3.07. The lowest BCUT2D eigenvalue weighted by atomic mass is 10.1. The van der Waals surface area contributed by atoms with Crippen molar-refractivity contribution in [3.05, 3.63) is 30.0 Å². The third-order valence-corrected chi connectivity index (χ3v) is 3.12. The van der Waals surface area contributed by atoms with Gasteiger partial charge in [0, 0.05) is 18.0 Å². The van der Waals surface area contributed by atoms with Crippen LogP contribution < -0.4 is 0 Å². The van der Waals surface area contributed by atoms with Gasteiger partial charge in [-0.05, 0) is 25.8 Å². The van der Waals surface area contributed by atoms with Gasteiger partial charge in [0.15, 0.2) is 5.69 Å². The first-order chi connectivity index (χ1) is 9.00. The SMILES string of the molecule is CC(C)CN(C(=O)c1n[nH]c2ccccc12)C(C)C. The minimum absolute atomic E-state index is 0.00106. The van der Waals surface area contributed by atoms with E-state index in [1.165, 1.54) is 0 Å². The average Bonchev–Trinajstić information content (AvgIpc) is 2.78. The molecule has 1 aromatic heterocycles. The highest BCUT2D eigenvalue weighted by Crippen LogP contribution is 2.18. The van der Waals surface area contributed by atoms with Crippen molar-refractivity contribution in [3.8, 4) is 0 Å². The monoisotopic (exact) mass is 259 g/mol. The molecule has 1 heterocycles. The van der Waals surface area contributed by atoms with Gasteiger partial charge < -0.3 is 4.90 Å². The number of carbonyl (C=O) groups is 1. The maximum Gasteiger partial charge on any atom is 0.275 e. The number of hydrogen-bond acceptors (Lipinski definition) is 2. The highest BCUT2D eigenvalue weighted by molar-refractivity contribution is 6.04. The Balaban J connectivity index is 2.36. The molecule has 2 rings (SSSR count). The van der Waals surface area contributed by atoms with E-state index in [0.29, 0.717) is 11.6 Å². The summed E-state index contributed by atoms with van der Waals surface area (Å²) in [7, 11) is 0. The van der Waals surface area contributed by atoms with Crippen LogP contribution in [0, 0.1) is 5.92 Å². The van der Waals surface area contributed by atoms with Crippen LogP contribution in [0.3, 0.4) is 0 Å². The fraction of sp³-hybridized carbons (Fsp3) is 0.467. The first-order valence-corrected chi connectivity index (χ1v) is 6.74. The normalized spacial score (nSPS) is 11.5. The van der Waals surface area contributed by atoms with Crippen molar-refractivity contribution in [1.82, 2.24) is 15.1 Å². The van der Waals surface area contributed by atoms with Gasteiger partial charge in [0.1, 0.15) is 0 Å². The lowest BCUT2D eigenvalue weighted by Crippen LogP contribution is -2.39. The smallest absolute Gasteiger partial charge is 0.275 e. The predicted molar refractivity (Wildman–Crippen MR) is 77.1 cm³/mol. The van der Waals surface area contributed by atoms with Gasteiger partial charge in [-0.25, -0.2) is 0 Å². The summed E-state index contributed by atoms with van der Waals surface area (Å²) in [6.45, 7) is 9.05. The maximum atomic E-state index is 12.6. The minimum atomic E-state index is 0.00106. The van der Waals surface area contributed by atoms with Gasteiger partial charge >= 0.3 is 0 Å². The lowest BCUT2D eigenvalue weighted by Gasteiger charge is -2.27. The van der Waals surface area contributed by atoms with Crippen molar-refractivity contribution in [2.45, 2.75) is 33.7 Å². The molecule has 0 aliphatic rings. The Morgan fingerprint density at radius 3 is 2.58 bits per heavy atom. The molecular formula is C15H21N3O. The fourth-order valence-electron chi connectivity index (χ4n) is 2.18. The number of fused-ring (bicyclic) bond motifs is 1. The zero-order valence-corrected chi connectivity index (χ0v) is 12.0. The van der Waals surface area contributed by atoms with Crippen LogP contribution in [-0.4, -0.2) is 33.6 Å². The molecule has 0 fully saturated rings. The molecule has 4 nitrogen and oxygen atoms in total. The molecule has 19 heavy (non-hydrogen) atoms. The summed E-state index contributed by atoms with van der Waals surface area (Å²) in [5, 5.41) is 8.00. The second-order valence-corrected chi connectivity index (χ2v) is 5.56. The summed E-state index contributed by atoms with van der Waals surface area (Å²) in [5.74, 6) is 0.442. The molecule has 1 N–H and O–H groups in total.